The van der Waals surface area contributed by atoms with Gasteiger partial charge in [-0.1, -0.05) is 118 Å². The average molecular weight is 443 g/mol. The van der Waals surface area contributed by atoms with Crippen LogP contribution < -0.4 is 0 Å². The average Bonchev–Trinajstić information content (AvgIpc) is 2.73. The maximum atomic E-state index is 12.4. The van der Waals surface area contributed by atoms with Crippen LogP contribution in [0.3, 0.4) is 0 Å². The molecular weight excluding hydrogens is 392 g/mol. The number of unbranched alkanes of at least 4 members (excludes halogenated alkanes) is 13. The van der Waals surface area contributed by atoms with E-state index in [1.165, 1.54) is 70.6 Å². The third-order valence-corrected chi connectivity index (χ3v) is 5.62. The van der Waals surface area contributed by atoms with Gasteiger partial charge >= 0.3 is 5.97 Å². The second-order valence-electron chi connectivity index (χ2n) is 10.2. The molecule has 31 heavy (non-hydrogen) atoms. The number of hydrogen-bond donors (Lipinski definition) is 2. The van der Waals surface area contributed by atoms with Crippen molar-refractivity contribution >= 4 is 11.8 Å². The summed E-state index contributed by atoms with van der Waals surface area (Å²) in [6, 6.07) is 0. The number of rotatable bonds is 20. The zero-order chi connectivity index (χ0) is 23.5. The van der Waals surface area contributed by atoms with Gasteiger partial charge in [0.2, 0.25) is 0 Å². The number of aliphatic hydroxyl groups is 2. The smallest absolute Gasteiger partial charge is 0.316 e. The van der Waals surface area contributed by atoms with Crippen LogP contribution in [0.25, 0.3) is 0 Å². The van der Waals surface area contributed by atoms with Crippen molar-refractivity contribution in [3.05, 3.63) is 0 Å². The van der Waals surface area contributed by atoms with Gasteiger partial charge in [-0.15, -0.1) is 0 Å². The molecule has 5 heteroatoms. The summed E-state index contributed by atoms with van der Waals surface area (Å²) in [5, 5.41) is 18.7. The van der Waals surface area contributed by atoms with Crippen LogP contribution in [0.15, 0.2) is 0 Å². The lowest BCUT2D eigenvalue weighted by Gasteiger charge is -2.22. The van der Waals surface area contributed by atoms with E-state index in [4.69, 9.17) is 9.84 Å². The Morgan fingerprint density at radius 2 is 1.19 bits per heavy atom. The normalized spacial score (nSPS) is 13.7. The molecule has 0 aliphatic heterocycles. The third-order valence-electron chi connectivity index (χ3n) is 5.62. The van der Waals surface area contributed by atoms with E-state index in [1.54, 1.807) is 0 Å². The summed E-state index contributed by atoms with van der Waals surface area (Å²) in [5.41, 5.74) is -0.187. The van der Waals surface area contributed by atoms with E-state index in [0.717, 1.165) is 19.3 Å². The first-order valence-electron chi connectivity index (χ1n) is 12.7. The summed E-state index contributed by atoms with van der Waals surface area (Å²) >= 11 is 0. The van der Waals surface area contributed by atoms with E-state index in [9.17, 15) is 14.7 Å². The van der Waals surface area contributed by atoms with Crippen LogP contribution in [0.5, 0.6) is 0 Å². The summed E-state index contributed by atoms with van der Waals surface area (Å²) < 4.78 is 5.30. The summed E-state index contributed by atoms with van der Waals surface area (Å²) in [6.07, 6.45) is 16.2. The third kappa shape index (κ3) is 17.3. The molecule has 0 aromatic heterocycles. The summed E-state index contributed by atoms with van der Waals surface area (Å²) in [5.74, 6) is -2.19. The van der Waals surface area contributed by atoms with Crippen molar-refractivity contribution in [2.24, 2.45) is 11.3 Å². The fraction of sp³-hybridized carbons (Fsp3) is 0.923. The highest BCUT2D eigenvalue weighted by Gasteiger charge is 2.32. The first-order valence-corrected chi connectivity index (χ1v) is 12.7. The maximum Gasteiger partial charge on any atom is 0.316 e. The van der Waals surface area contributed by atoms with Crippen molar-refractivity contribution in [3.63, 3.8) is 0 Å². The minimum atomic E-state index is -1.51. The number of carbonyl (C=O) groups excluding carboxylic acids is 2. The van der Waals surface area contributed by atoms with Gasteiger partial charge in [-0.05, 0) is 11.8 Å². The predicted octanol–water partition coefficient (Wildman–Crippen LogP) is 5.99. The topological polar surface area (TPSA) is 83.8 Å². The number of hydrogen-bond acceptors (Lipinski definition) is 5. The Hall–Kier alpha value is -0.940. The van der Waals surface area contributed by atoms with Crippen LogP contribution in [0, 0.1) is 11.3 Å². The molecule has 0 aliphatic carbocycles. The van der Waals surface area contributed by atoms with Crippen LogP contribution in [-0.4, -0.2) is 41.3 Å². The Labute approximate surface area is 191 Å². The molecule has 0 fully saturated rings. The van der Waals surface area contributed by atoms with Gasteiger partial charge in [-0.3, -0.25) is 9.59 Å². The molecule has 0 aromatic carbocycles. The lowest BCUT2D eigenvalue weighted by Crippen LogP contribution is -2.37. The van der Waals surface area contributed by atoms with Crippen molar-refractivity contribution in [1.29, 1.82) is 0 Å². The highest BCUT2D eigenvalue weighted by atomic mass is 16.5. The molecule has 0 saturated heterocycles. The molecule has 0 saturated carbocycles. The van der Waals surface area contributed by atoms with Crippen molar-refractivity contribution in [2.75, 3.05) is 13.2 Å². The Morgan fingerprint density at radius 1 is 0.774 bits per heavy atom. The van der Waals surface area contributed by atoms with Gasteiger partial charge in [0.25, 0.3) is 0 Å². The SMILES string of the molecule is CCCCCCCCCCCCCCCCC(C(=O)OCC(C)(C)C)C(=O)C(O)CO. The quantitative estimate of drug-likeness (QED) is 0.137. The Morgan fingerprint density at radius 3 is 1.58 bits per heavy atom. The molecule has 0 rings (SSSR count). The molecule has 184 valence electrons. The van der Waals surface area contributed by atoms with Crippen LogP contribution in [-0.2, 0) is 14.3 Å². The number of aliphatic hydroxyl groups excluding tert-OH is 2. The number of ketones is 1. The molecule has 2 N–H and O–H groups in total. The van der Waals surface area contributed by atoms with Gasteiger partial charge in [0.15, 0.2) is 5.78 Å². The minimum absolute atomic E-state index is 0.187. The van der Waals surface area contributed by atoms with Crippen LogP contribution >= 0.6 is 0 Å². The van der Waals surface area contributed by atoms with Gasteiger partial charge in [-0.2, -0.15) is 0 Å². The molecule has 2 atom stereocenters. The van der Waals surface area contributed by atoms with E-state index < -0.39 is 30.4 Å². The van der Waals surface area contributed by atoms with E-state index in [-0.39, 0.29) is 12.0 Å². The summed E-state index contributed by atoms with van der Waals surface area (Å²) in [7, 11) is 0. The predicted molar refractivity (Wildman–Crippen MR) is 127 cm³/mol. The van der Waals surface area contributed by atoms with E-state index in [0.29, 0.717) is 6.42 Å². The van der Waals surface area contributed by atoms with E-state index in [2.05, 4.69) is 6.92 Å². The molecular formula is C26H50O5. The van der Waals surface area contributed by atoms with Crippen LogP contribution in [0.1, 0.15) is 124 Å². The number of carbonyl (C=O) groups is 2. The summed E-state index contributed by atoms with van der Waals surface area (Å²) in [4.78, 5) is 24.7. The second-order valence-corrected chi connectivity index (χ2v) is 10.2. The second kappa shape index (κ2) is 18.6. The van der Waals surface area contributed by atoms with E-state index >= 15 is 0 Å². The summed E-state index contributed by atoms with van der Waals surface area (Å²) in [6.45, 7) is 7.67. The lowest BCUT2D eigenvalue weighted by molar-refractivity contribution is -0.157. The van der Waals surface area contributed by atoms with Crippen molar-refractivity contribution < 1.29 is 24.5 Å². The molecule has 0 radical (unpaired) electrons. The zero-order valence-corrected chi connectivity index (χ0v) is 20.8. The molecule has 0 spiro atoms. The van der Waals surface area contributed by atoms with Crippen LogP contribution in [0.2, 0.25) is 0 Å². The number of Topliss-reactive ketones (excluding diaryl/α,β-unsaturated/α-hetero) is 1. The Bertz CT molecular complexity index is 455. The van der Waals surface area contributed by atoms with Crippen molar-refractivity contribution in [3.8, 4) is 0 Å². The number of ether oxygens (including phenoxy) is 1. The highest BCUT2D eigenvalue weighted by Crippen LogP contribution is 2.20. The number of esters is 1. The first-order chi connectivity index (χ1) is 14.7. The molecule has 0 heterocycles. The monoisotopic (exact) mass is 442 g/mol. The fourth-order valence-electron chi connectivity index (χ4n) is 3.63. The minimum Gasteiger partial charge on any atom is -0.465 e. The van der Waals surface area contributed by atoms with E-state index in [1.807, 2.05) is 20.8 Å². The van der Waals surface area contributed by atoms with Gasteiger partial charge in [-0.25, -0.2) is 0 Å². The highest BCUT2D eigenvalue weighted by molar-refractivity contribution is 6.01. The molecule has 0 bridgehead atoms. The van der Waals surface area contributed by atoms with Crippen molar-refractivity contribution in [1.82, 2.24) is 0 Å². The largest absolute Gasteiger partial charge is 0.465 e. The molecule has 0 aliphatic rings. The Balaban J connectivity index is 3.97. The van der Waals surface area contributed by atoms with Crippen LogP contribution in [0.4, 0.5) is 0 Å². The van der Waals surface area contributed by atoms with Crippen molar-refractivity contribution in [2.45, 2.75) is 130 Å². The van der Waals surface area contributed by atoms with Gasteiger partial charge in [0, 0.05) is 0 Å². The van der Waals surface area contributed by atoms with Gasteiger partial charge < -0.3 is 14.9 Å². The molecule has 2 unspecified atom stereocenters. The van der Waals surface area contributed by atoms with Gasteiger partial charge in [0.1, 0.15) is 12.0 Å². The first kappa shape index (κ1) is 30.1. The molecule has 0 amide bonds. The molecule has 5 nitrogen and oxygen atoms in total. The lowest BCUT2D eigenvalue weighted by atomic mass is 9.93. The zero-order valence-electron chi connectivity index (χ0n) is 20.8. The maximum absolute atomic E-state index is 12.4. The Kier molecular flexibility index (Phi) is 18.0. The van der Waals surface area contributed by atoms with Gasteiger partial charge in [0.05, 0.1) is 13.2 Å². The molecule has 0 aromatic rings. The fourth-order valence-corrected chi connectivity index (χ4v) is 3.63. The standard InChI is InChI=1S/C26H50O5/c1-5-6-7-8-9-10-11-12-13-14-15-16-17-18-19-22(24(29)23(28)20-27)25(30)31-21-26(2,3)4/h22-23,27-28H,5-21H2,1-4H3.